The largest absolute Gasteiger partial charge is 0.494 e. The van der Waals surface area contributed by atoms with Gasteiger partial charge in [0.05, 0.1) is 12.6 Å². The maximum atomic E-state index is 12.1. The summed E-state index contributed by atoms with van der Waals surface area (Å²) in [5.41, 5.74) is 28.4. The van der Waals surface area contributed by atoms with Crippen molar-refractivity contribution in [3.8, 4) is 5.75 Å². The summed E-state index contributed by atoms with van der Waals surface area (Å²) in [6.45, 7) is 0.832. The average molecular weight is 478 g/mol. The second-order valence-corrected chi connectivity index (χ2v) is 7.47. The summed E-state index contributed by atoms with van der Waals surface area (Å²) >= 11 is 5.76. The van der Waals surface area contributed by atoms with Crippen LogP contribution in [0.5, 0.6) is 5.75 Å². The van der Waals surface area contributed by atoms with Crippen molar-refractivity contribution < 1.29 is 14.3 Å². The van der Waals surface area contributed by atoms with Gasteiger partial charge in [0.1, 0.15) is 5.75 Å². The first-order chi connectivity index (χ1) is 15.7. The SMILES string of the molecule is NC(=O)C(N)CCOc1ccc(CCCCNC(N)=NC(=O)c2nc(Cl)c(N)nc2N)cc1. The quantitative estimate of drug-likeness (QED) is 0.143. The number of nitrogens with one attached hydrogen (secondary N) is 1. The number of ether oxygens (including phenoxy) is 1. The van der Waals surface area contributed by atoms with E-state index in [0.29, 0.717) is 25.3 Å². The number of guanidine groups is 1. The number of rotatable bonds is 11. The molecule has 1 aromatic carbocycles. The van der Waals surface area contributed by atoms with Crippen LogP contribution in [0.15, 0.2) is 29.3 Å². The van der Waals surface area contributed by atoms with Crippen LogP contribution in [-0.2, 0) is 11.2 Å². The Labute approximate surface area is 195 Å². The molecule has 1 unspecified atom stereocenters. The van der Waals surface area contributed by atoms with E-state index in [0.717, 1.165) is 24.8 Å². The summed E-state index contributed by atoms with van der Waals surface area (Å²) in [6.07, 6.45) is 2.88. The first-order valence-corrected chi connectivity index (χ1v) is 10.5. The fourth-order valence-corrected chi connectivity index (χ4v) is 2.80. The van der Waals surface area contributed by atoms with Crippen LogP contribution in [0.25, 0.3) is 0 Å². The summed E-state index contributed by atoms with van der Waals surface area (Å²) in [7, 11) is 0. The molecule has 2 aromatic rings. The smallest absolute Gasteiger partial charge is 0.302 e. The van der Waals surface area contributed by atoms with Gasteiger partial charge in [0.2, 0.25) is 5.91 Å². The predicted molar refractivity (Wildman–Crippen MR) is 126 cm³/mol. The number of aryl methyl sites for hydroxylation is 1. The van der Waals surface area contributed by atoms with Crippen molar-refractivity contribution in [2.45, 2.75) is 31.7 Å². The van der Waals surface area contributed by atoms with Gasteiger partial charge in [-0.05, 0) is 37.0 Å². The van der Waals surface area contributed by atoms with Crippen LogP contribution >= 0.6 is 11.6 Å². The number of aromatic nitrogens is 2. The van der Waals surface area contributed by atoms with E-state index in [4.69, 9.17) is 45.0 Å². The standard InChI is InChI=1S/C20H28ClN9O3/c21-15-17(24)29-16(23)14(28-15)19(32)30-20(26)27-9-2-1-3-11-4-6-12(7-5-11)33-10-8-13(22)18(25)31/h4-7,13H,1-3,8-10,22H2,(H2,25,31)(H4,23,24,29)(H3,26,27,30,32). The highest BCUT2D eigenvalue weighted by molar-refractivity contribution is 6.31. The Morgan fingerprint density at radius 3 is 2.45 bits per heavy atom. The molecule has 0 saturated carbocycles. The Morgan fingerprint density at radius 1 is 1.09 bits per heavy atom. The van der Waals surface area contributed by atoms with E-state index in [1.54, 1.807) is 0 Å². The number of aliphatic imine (C=N–C) groups is 1. The number of unbranched alkanes of at least 4 members (excludes halogenated alkanes) is 1. The number of nitrogens with two attached hydrogens (primary N) is 5. The Bertz CT molecular complexity index is 999. The molecule has 178 valence electrons. The third-order valence-electron chi connectivity index (χ3n) is 4.51. The third-order valence-corrected chi connectivity index (χ3v) is 4.79. The minimum Gasteiger partial charge on any atom is -0.494 e. The van der Waals surface area contributed by atoms with Gasteiger partial charge in [0.25, 0.3) is 0 Å². The number of carbonyl (C=O) groups excluding carboxylic acids is 2. The zero-order chi connectivity index (χ0) is 24.4. The van der Waals surface area contributed by atoms with Gasteiger partial charge in [-0.2, -0.15) is 4.99 Å². The number of primary amides is 1. The molecule has 33 heavy (non-hydrogen) atoms. The lowest BCUT2D eigenvalue weighted by atomic mass is 10.1. The molecule has 0 saturated heterocycles. The number of anilines is 2. The Kier molecular flexibility index (Phi) is 9.63. The lowest BCUT2D eigenvalue weighted by molar-refractivity contribution is -0.119. The van der Waals surface area contributed by atoms with Crippen LogP contribution in [0.4, 0.5) is 11.6 Å². The normalized spacial score (nSPS) is 12.2. The van der Waals surface area contributed by atoms with Gasteiger partial charge in [-0.3, -0.25) is 9.59 Å². The molecule has 13 heteroatoms. The first-order valence-electron chi connectivity index (χ1n) is 10.1. The maximum Gasteiger partial charge on any atom is 0.302 e. The van der Waals surface area contributed by atoms with E-state index >= 15 is 0 Å². The second kappa shape index (κ2) is 12.4. The lowest BCUT2D eigenvalue weighted by Crippen LogP contribution is -2.37. The van der Waals surface area contributed by atoms with Gasteiger partial charge in [-0.15, -0.1) is 0 Å². The molecule has 0 spiro atoms. The summed E-state index contributed by atoms with van der Waals surface area (Å²) in [5, 5.41) is 2.72. The van der Waals surface area contributed by atoms with Crippen LogP contribution in [-0.4, -0.2) is 46.9 Å². The molecule has 2 amide bonds. The molecule has 1 atom stereocenters. The monoisotopic (exact) mass is 477 g/mol. The van der Waals surface area contributed by atoms with Crippen molar-refractivity contribution >= 4 is 41.0 Å². The molecule has 0 aliphatic carbocycles. The van der Waals surface area contributed by atoms with Gasteiger partial charge >= 0.3 is 5.91 Å². The Balaban J connectivity index is 1.70. The van der Waals surface area contributed by atoms with Crippen LogP contribution in [0.3, 0.4) is 0 Å². The molecular formula is C20H28ClN9O3. The summed E-state index contributed by atoms with van der Waals surface area (Å²) < 4.78 is 5.55. The summed E-state index contributed by atoms with van der Waals surface area (Å²) in [6, 6.07) is 6.94. The number of carbonyl (C=O) groups is 2. The van der Waals surface area contributed by atoms with Crippen molar-refractivity contribution in [2.75, 3.05) is 24.6 Å². The van der Waals surface area contributed by atoms with Crippen LogP contribution in [0, 0.1) is 0 Å². The minimum atomic E-state index is -0.772. The summed E-state index contributed by atoms with van der Waals surface area (Å²) in [5.74, 6) is -0.943. The van der Waals surface area contributed by atoms with Crippen molar-refractivity contribution in [2.24, 2.45) is 22.2 Å². The van der Waals surface area contributed by atoms with E-state index in [-0.39, 0.29) is 28.4 Å². The fraction of sp³-hybridized carbons (Fsp3) is 0.350. The molecule has 0 radical (unpaired) electrons. The van der Waals surface area contributed by atoms with Crippen LogP contribution in [0.2, 0.25) is 5.15 Å². The second-order valence-electron chi connectivity index (χ2n) is 7.11. The van der Waals surface area contributed by atoms with Crippen LogP contribution in [0.1, 0.15) is 35.3 Å². The zero-order valence-corrected chi connectivity index (χ0v) is 18.7. The average Bonchev–Trinajstić information content (AvgIpc) is 2.76. The van der Waals surface area contributed by atoms with E-state index < -0.39 is 17.9 Å². The van der Waals surface area contributed by atoms with Gasteiger partial charge in [0.15, 0.2) is 28.4 Å². The van der Waals surface area contributed by atoms with E-state index in [1.807, 2.05) is 24.3 Å². The number of nitrogens with zero attached hydrogens (tertiary/aromatic N) is 3. The lowest BCUT2D eigenvalue weighted by Gasteiger charge is -2.10. The topological polar surface area (TPSA) is 224 Å². The Hall–Kier alpha value is -3.64. The van der Waals surface area contributed by atoms with Crippen molar-refractivity contribution in [1.29, 1.82) is 0 Å². The van der Waals surface area contributed by atoms with E-state index in [1.165, 1.54) is 0 Å². The van der Waals surface area contributed by atoms with E-state index in [9.17, 15) is 9.59 Å². The molecule has 2 rings (SSSR count). The molecule has 1 heterocycles. The highest BCUT2D eigenvalue weighted by Crippen LogP contribution is 2.18. The maximum absolute atomic E-state index is 12.1. The highest BCUT2D eigenvalue weighted by Gasteiger charge is 2.16. The first kappa shape index (κ1) is 25.6. The molecule has 0 bridgehead atoms. The van der Waals surface area contributed by atoms with Crippen molar-refractivity contribution in [3.63, 3.8) is 0 Å². The molecule has 1 aromatic heterocycles. The van der Waals surface area contributed by atoms with Crippen molar-refractivity contribution in [3.05, 3.63) is 40.7 Å². The Morgan fingerprint density at radius 2 is 1.79 bits per heavy atom. The zero-order valence-electron chi connectivity index (χ0n) is 18.0. The van der Waals surface area contributed by atoms with Crippen LogP contribution < -0.4 is 38.7 Å². The number of halogens is 1. The van der Waals surface area contributed by atoms with Crippen molar-refractivity contribution in [1.82, 2.24) is 15.3 Å². The molecule has 0 fully saturated rings. The minimum absolute atomic E-state index is 0.0632. The molecule has 11 N–H and O–H groups in total. The van der Waals surface area contributed by atoms with Gasteiger partial charge in [0, 0.05) is 13.0 Å². The van der Waals surface area contributed by atoms with Gasteiger partial charge in [-0.25, -0.2) is 9.97 Å². The molecular weight excluding hydrogens is 450 g/mol. The van der Waals surface area contributed by atoms with Gasteiger partial charge < -0.3 is 38.7 Å². The fourth-order valence-electron chi connectivity index (χ4n) is 2.67. The number of hydrogen-bond acceptors (Lipinski definition) is 8. The predicted octanol–water partition coefficient (Wildman–Crippen LogP) is -0.0567. The number of benzene rings is 1. The summed E-state index contributed by atoms with van der Waals surface area (Å²) in [4.78, 5) is 34.3. The molecule has 0 aliphatic heterocycles. The number of hydrogen-bond donors (Lipinski definition) is 6. The third kappa shape index (κ3) is 8.43. The molecule has 12 nitrogen and oxygen atoms in total. The van der Waals surface area contributed by atoms with Gasteiger partial charge in [-0.1, -0.05) is 23.7 Å². The number of nitrogen functional groups attached to an aromatic ring is 2. The number of amides is 2. The van der Waals surface area contributed by atoms with E-state index in [2.05, 4.69) is 20.3 Å². The highest BCUT2D eigenvalue weighted by atomic mass is 35.5. The molecule has 0 aliphatic rings.